The summed E-state index contributed by atoms with van der Waals surface area (Å²) < 4.78 is 5.70. The molecule has 0 aromatic heterocycles. The molecule has 0 heterocycles. The first kappa shape index (κ1) is 13.9. The zero-order chi connectivity index (χ0) is 13.7. The van der Waals surface area contributed by atoms with E-state index in [2.05, 4.69) is 24.5 Å². The highest BCUT2D eigenvalue weighted by molar-refractivity contribution is 5.93. The van der Waals surface area contributed by atoms with Crippen molar-refractivity contribution in [1.82, 2.24) is 5.32 Å². The number of amides is 1. The Bertz CT molecular complexity index is 428. The molecule has 2 N–H and O–H groups in total. The average molecular weight is 262 g/mol. The second-order valence-corrected chi connectivity index (χ2v) is 5.40. The SMILES string of the molecule is CC(C)COc1ccccc1NC(=O)CNC1CC1. The topological polar surface area (TPSA) is 50.4 Å². The third-order valence-electron chi connectivity index (χ3n) is 2.86. The molecule has 0 atom stereocenters. The zero-order valence-electron chi connectivity index (χ0n) is 11.6. The van der Waals surface area contributed by atoms with E-state index in [9.17, 15) is 4.79 Å². The molecule has 0 saturated heterocycles. The largest absolute Gasteiger partial charge is 0.491 e. The van der Waals surface area contributed by atoms with Crippen molar-refractivity contribution in [2.24, 2.45) is 5.92 Å². The molecule has 0 bridgehead atoms. The highest BCUT2D eigenvalue weighted by Crippen LogP contribution is 2.24. The van der Waals surface area contributed by atoms with Gasteiger partial charge in [-0.05, 0) is 30.9 Å². The van der Waals surface area contributed by atoms with Gasteiger partial charge in [-0.1, -0.05) is 26.0 Å². The molecular formula is C15H22N2O2. The Morgan fingerprint density at radius 2 is 2.11 bits per heavy atom. The summed E-state index contributed by atoms with van der Waals surface area (Å²) in [4.78, 5) is 11.8. The molecular weight excluding hydrogens is 240 g/mol. The van der Waals surface area contributed by atoms with Crippen LogP contribution in [0.3, 0.4) is 0 Å². The van der Waals surface area contributed by atoms with Crippen LogP contribution in [0.2, 0.25) is 0 Å². The molecule has 1 aliphatic rings. The fourth-order valence-electron chi connectivity index (χ4n) is 1.67. The minimum Gasteiger partial charge on any atom is -0.491 e. The lowest BCUT2D eigenvalue weighted by Gasteiger charge is -2.14. The number of hydrogen-bond acceptors (Lipinski definition) is 3. The molecule has 0 radical (unpaired) electrons. The highest BCUT2D eigenvalue weighted by atomic mass is 16.5. The lowest BCUT2D eigenvalue weighted by molar-refractivity contribution is -0.115. The van der Waals surface area contributed by atoms with E-state index in [4.69, 9.17) is 4.74 Å². The van der Waals surface area contributed by atoms with Crippen LogP contribution in [0.5, 0.6) is 5.75 Å². The Morgan fingerprint density at radius 1 is 1.37 bits per heavy atom. The van der Waals surface area contributed by atoms with Crippen LogP contribution in [-0.4, -0.2) is 25.1 Å². The van der Waals surface area contributed by atoms with Crippen molar-refractivity contribution in [3.63, 3.8) is 0 Å². The van der Waals surface area contributed by atoms with Gasteiger partial charge in [-0.25, -0.2) is 0 Å². The summed E-state index contributed by atoms with van der Waals surface area (Å²) in [6.45, 7) is 5.21. The molecule has 0 aliphatic heterocycles. The molecule has 104 valence electrons. The van der Waals surface area contributed by atoms with Crippen molar-refractivity contribution in [2.75, 3.05) is 18.5 Å². The number of benzene rings is 1. The van der Waals surface area contributed by atoms with Crippen molar-refractivity contribution >= 4 is 11.6 Å². The van der Waals surface area contributed by atoms with Crippen LogP contribution in [0.1, 0.15) is 26.7 Å². The summed E-state index contributed by atoms with van der Waals surface area (Å²) in [5.74, 6) is 1.17. The number of carbonyl (C=O) groups excluding carboxylic acids is 1. The van der Waals surface area contributed by atoms with Crippen molar-refractivity contribution in [3.05, 3.63) is 24.3 Å². The van der Waals surface area contributed by atoms with Gasteiger partial charge in [0.25, 0.3) is 0 Å². The lowest BCUT2D eigenvalue weighted by atomic mass is 10.2. The molecule has 1 saturated carbocycles. The van der Waals surface area contributed by atoms with Crippen LogP contribution in [0, 0.1) is 5.92 Å². The van der Waals surface area contributed by atoms with Gasteiger partial charge in [-0.15, -0.1) is 0 Å². The van der Waals surface area contributed by atoms with Gasteiger partial charge in [0.15, 0.2) is 0 Å². The molecule has 0 unspecified atom stereocenters. The van der Waals surface area contributed by atoms with Gasteiger partial charge < -0.3 is 15.4 Å². The number of hydrogen-bond donors (Lipinski definition) is 2. The van der Waals surface area contributed by atoms with E-state index < -0.39 is 0 Å². The van der Waals surface area contributed by atoms with Gasteiger partial charge in [0, 0.05) is 6.04 Å². The van der Waals surface area contributed by atoms with Crippen LogP contribution in [0.25, 0.3) is 0 Å². The first-order valence-corrected chi connectivity index (χ1v) is 6.90. The monoisotopic (exact) mass is 262 g/mol. The number of anilines is 1. The number of rotatable bonds is 7. The Balaban J connectivity index is 1.88. The Kier molecular flexibility index (Phi) is 4.80. The fourth-order valence-corrected chi connectivity index (χ4v) is 1.67. The second kappa shape index (κ2) is 6.57. The predicted octanol–water partition coefficient (Wildman–Crippen LogP) is 2.41. The summed E-state index contributed by atoms with van der Waals surface area (Å²) in [6.07, 6.45) is 2.36. The number of nitrogens with one attached hydrogen (secondary N) is 2. The van der Waals surface area contributed by atoms with Gasteiger partial charge in [0.05, 0.1) is 18.8 Å². The van der Waals surface area contributed by atoms with Gasteiger partial charge >= 0.3 is 0 Å². The van der Waals surface area contributed by atoms with Crippen LogP contribution in [0.4, 0.5) is 5.69 Å². The number of ether oxygens (including phenoxy) is 1. The van der Waals surface area contributed by atoms with E-state index in [1.807, 2.05) is 24.3 Å². The number of para-hydroxylation sites is 2. The molecule has 19 heavy (non-hydrogen) atoms. The Hall–Kier alpha value is -1.55. The van der Waals surface area contributed by atoms with E-state index in [1.165, 1.54) is 12.8 Å². The maximum absolute atomic E-state index is 11.8. The summed E-state index contributed by atoms with van der Waals surface area (Å²) >= 11 is 0. The normalized spacial score (nSPS) is 14.5. The maximum atomic E-state index is 11.8. The Morgan fingerprint density at radius 3 is 2.79 bits per heavy atom. The molecule has 1 amide bonds. The van der Waals surface area contributed by atoms with E-state index in [-0.39, 0.29) is 5.91 Å². The minimum atomic E-state index is -0.0208. The van der Waals surface area contributed by atoms with Gasteiger partial charge in [0.1, 0.15) is 5.75 Å². The van der Waals surface area contributed by atoms with E-state index in [0.29, 0.717) is 25.1 Å². The van der Waals surface area contributed by atoms with Crippen molar-refractivity contribution in [3.8, 4) is 5.75 Å². The fraction of sp³-hybridized carbons (Fsp3) is 0.533. The summed E-state index contributed by atoms with van der Waals surface area (Å²) in [7, 11) is 0. The van der Waals surface area contributed by atoms with Crippen molar-refractivity contribution in [1.29, 1.82) is 0 Å². The summed E-state index contributed by atoms with van der Waals surface area (Å²) in [6, 6.07) is 8.09. The summed E-state index contributed by atoms with van der Waals surface area (Å²) in [5.41, 5.74) is 0.741. The second-order valence-electron chi connectivity index (χ2n) is 5.40. The molecule has 4 nitrogen and oxygen atoms in total. The third-order valence-corrected chi connectivity index (χ3v) is 2.86. The van der Waals surface area contributed by atoms with Crippen molar-refractivity contribution in [2.45, 2.75) is 32.7 Å². The van der Waals surface area contributed by atoms with Crippen molar-refractivity contribution < 1.29 is 9.53 Å². The molecule has 0 spiro atoms. The third kappa shape index (κ3) is 4.91. The zero-order valence-corrected chi connectivity index (χ0v) is 11.6. The Labute approximate surface area is 114 Å². The first-order valence-electron chi connectivity index (χ1n) is 6.90. The predicted molar refractivity (Wildman–Crippen MR) is 76.4 cm³/mol. The summed E-state index contributed by atoms with van der Waals surface area (Å²) in [5, 5.41) is 6.08. The number of carbonyl (C=O) groups is 1. The highest BCUT2D eigenvalue weighted by Gasteiger charge is 2.21. The molecule has 2 rings (SSSR count). The van der Waals surface area contributed by atoms with E-state index in [0.717, 1.165) is 11.4 Å². The average Bonchev–Trinajstić information content (AvgIpc) is 3.19. The molecule has 1 aliphatic carbocycles. The van der Waals surface area contributed by atoms with Crippen LogP contribution >= 0.6 is 0 Å². The van der Waals surface area contributed by atoms with Crippen LogP contribution < -0.4 is 15.4 Å². The van der Waals surface area contributed by atoms with E-state index >= 15 is 0 Å². The smallest absolute Gasteiger partial charge is 0.238 e. The standard InChI is InChI=1S/C15H22N2O2/c1-11(2)10-19-14-6-4-3-5-13(14)17-15(18)9-16-12-7-8-12/h3-6,11-12,16H,7-10H2,1-2H3,(H,17,18). The molecule has 1 aromatic carbocycles. The first-order chi connectivity index (χ1) is 9.15. The van der Waals surface area contributed by atoms with Crippen LogP contribution in [-0.2, 0) is 4.79 Å². The molecule has 4 heteroatoms. The molecule has 1 aromatic rings. The molecule has 1 fully saturated rings. The quantitative estimate of drug-likeness (QED) is 0.793. The van der Waals surface area contributed by atoms with Gasteiger partial charge in [-0.2, -0.15) is 0 Å². The van der Waals surface area contributed by atoms with Crippen LogP contribution in [0.15, 0.2) is 24.3 Å². The van der Waals surface area contributed by atoms with Gasteiger partial charge in [0.2, 0.25) is 5.91 Å². The minimum absolute atomic E-state index is 0.0208. The maximum Gasteiger partial charge on any atom is 0.238 e. The van der Waals surface area contributed by atoms with E-state index in [1.54, 1.807) is 0 Å². The van der Waals surface area contributed by atoms with Gasteiger partial charge in [-0.3, -0.25) is 4.79 Å². The lowest BCUT2D eigenvalue weighted by Crippen LogP contribution is -2.29.